The van der Waals surface area contributed by atoms with Crippen molar-refractivity contribution in [2.45, 2.75) is 72.4 Å². The quantitative estimate of drug-likeness (QED) is 0.341. The average Bonchev–Trinajstić information content (AvgIpc) is 2.54. The second-order valence-corrected chi connectivity index (χ2v) is 11.2. The second kappa shape index (κ2) is 9.40. The molecule has 1 fully saturated rings. The highest BCUT2D eigenvalue weighted by molar-refractivity contribution is 7.90. The van der Waals surface area contributed by atoms with Crippen LogP contribution in [0.4, 0.5) is 0 Å². The Morgan fingerprint density at radius 3 is 2.50 bits per heavy atom. The van der Waals surface area contributed by atoms with Crippen LogP contribution in [0.25, 0.3) is 0 Å². The molecule has 0 saturated heterocycles. The zero-order valence-electron chi connectivity index (χ0n) is 17.7. The lowest BCUT2D eigenvalue weighted by atomic mass is 9.64. The summed E-state index contributed by atoms with van der Waals surface area (Å²) in [7, 11) is -1.17. The van der Waals surface area contributed by atoms with Crippen molar-refractivity contribution in [3.05, 3.63) is 0 Å². The van der Waals surface area contributed by atoms with Gasteiger partial charge in [0.2, 0.25) is 0 Å². The van der Waals surface area contributed by atoms with E-state index >= 15 is 0 Å². The van der Waals surface area contributed by atoms with Gasteiger partial charge in [0.05, 0.1) is 11.9 Å². The Hall–Kier alpha value is -0.820. The fourth-order valence-electron chi connectivity index (χ4n) is 3.02. The number of guanidine groups is 1. The highest BCUT2D eigenvalue weighted by Crippen LogP contribution is 2.42. The minimum atomic E-state index is -2.93. The highest BCUT2D eigenvalue weighted by atomic mass is 32.2. The summed E-state index contributed by atoms with van der Waals surface area (Å²) in [5.41, 5.74) is -0.0567. The van der Waals surface area contributed by atoms with Gasteiger partial charge in [-0.1, -0.05) is 41.0 Å². The molecule has 1 saturated carbocycles. The zero-order valence-corrected chi connectivity index (χ0v) is 18.5. The number of sulfone groups is 1. The van der Waals surface area contributed by atoms with Crippen LogP contribution < -0.4 is 10.6 Å². The number of nitrogens with one attached hydrogen (secondary N) is 2. The average molecular weight is 390 g/mol. The summed E-state index contributed by atoms with van der Waals surface area (Å²) >= 11 is 0. The Bertz CT molecular complexity index is 571. The molecule has 2 unspecified atom stereocenters. The molecule has 0 radical (unpaired) electrons. The Morgan fingerprint density at radius 1 is 1.35 bits per heavy atom. The van der Waals surface area contributed by atoms with E-state index in [-0.39, 0.29) is 22.7 Å². The van der Waals surface area contributed by atoms with Crippen LogP contribution >= 0.6 is 0 Å². The molecule has 0 spiro atoms. The number of ether oxygens (including phenoxy) is 1. The predicted octanol–water partition coefficient (Wildman–Crippen LogP) is 2.60. The standard InChI is InChI=1S/C19H39N3O3S/c1-8-9-11-25-16-13-15(19(16,4)5)22-17(20-6)21-14-18(2,3)10-12-26(7,23)24/h15-16H,8-14H2,1-7H3,(H2,20,21,22). The van der Waals surface area contributed by atoms with E-state index in [1.165, 1.54) is 6.26 Å². The van der Waals surface area contributed by atoms with E-state index in [0.717, 1.165) is 31.8 Å². The molecule has 6 nitrogen and oxygen atoms in total. The van der Waals surface area contributed by atoms with E-state index in [1.54, 1.807) is 7.05 Å². The van der Waals surface area contributed by atoms with Crippen molar-refractivity contribution in [2.75, 3.05) is 32.2 Å². The molecular weight excluding hydrogens is 350 g/mol. The van der Waals surface area contributed by atoms with Crippen molar-refractivity contribution in [3.63, 3.8) is 0 Å². The summed E-state index contributed by atoms with van der Waals surface area (Å²) in [6, 6.07) is 0.319. The first-order valence-electron chi connectivity index (χ1n) is 9.68. The van der Waals surface area contributed by atoms with E-state index in [1.807, 2.05) is 0 Å². The molecule has 0 aliphatic heterocycles. The summed E-state index contributed by atoms with van der Waals surface area (Å²) in [6.45, 7) is 12.3. The lowest BCUT2D eigenvalue weighted by Crippen LogP contribution is -2.63. The predicted molar refractivity (Wildman–Crippen MR) is 109 cm³/mol. The molecule has 0 amide bonds. The smallest absolute Gasteiger partial charge is 0.191 e. The first kappa shape index (κ1) is 23.2. The number of aliphatic imine (C=N–C) groups is 1. The third-order valence-corrected chi connectivity index (χ3v) is 6.36. The fraction of sp³-hybridized carbons (Fsp3) is 0.947. The summed E-state index contributed by atoms with van der Waals surface area (Å²) in [4.78, 5) is 4.32. The Kier molecular flexibility index (Phi) is 8.39. The van der Waals surface area contributed by atoms with Gasteiger partial charge in [0.15, 0.2) is 5.96 Å². The molecule has 1 rings (SSSR count). The summed E-state index contributed by atoms with van der Waals surface area (Å²) in [5, 5.41) is 6.85. The molecule has 7 heteroatoms. The number of rotatable bonds is 10. The topological polar surface area (TPSA) is 79.8 Å². The minimum absolute atomic E-state index is 0.0666. The minimum Gasteiger partial charge on any atom is -0.378 e. The fourth-order valence-corrected chi connectivity index (χ4v) is 3.94. The Labute approximate surface area is 160 Å². The van der Waals surface area contributed by atoms with E-state index < -0.39 is 9.84 Å². The van der Waals surface area contributed by atoms with Gasteiger partial charge in [-0.05, 0) is 24.7 Å². The van der Waals surface area contributed by atoms with Crippen LogP contribution in [0.1, 0.15) is 60.3 Å². The van der Waals surface area contributed by atoms with Crippen molar-refractivity contribution in [1.29, 1.82) is 0 Å². The van der Waals surface area contributed by atoms with Gasteiger partial charge >= 0.3 is 0 Å². The molecule has 2 atom stereocenters. The van der Waals surface area contributed by atoms with Crippen molar-refractivity contribution in [3.8, 4) is 0 Å². The van der Waals surface area contributed by atoms with E-state index in [0.29, 0.717) is 19.0 Å². The number of unbranched alkanes of at least 4 members (excludes halogenated alkanes) is 1. The lowest BCUT2D eigenvalue weighted by molar-refractivity contribution is -0.113. The lowest BCUT2D eigenvalue weighted by Gasteiger charge is -2.52. The van der Waals surface area contributed by atoms with Gasteiger partial charge in [-0.15, -0.1) is 0 Å². The maximum atomic E-state index is 11.4. The van der Waals surface area contributed by atoms with Crippen molar-refractivity contribution in [2.24, 2.45) is 15.8 Å². The van der Waals surface area contributed by atoms with Crippen LogP contribution in [0.15, 0.2) is 4.99 Å². The van der Waals surface area contributed by atoms with Gasteiger partial charge in [0.25, 0.3) is 0 Å². The third kappa shape index (κ3) is 7.43. The van der Waals surface area contributed by atoms with Crippen LogP contribution in [0, 0.1) is 10.8 Å². The molecule has 26 heavy (non-hydrogen) atoms. The van der Waals surface area contributed by atoms with Gasteiger partial charge in [-0.25, -0.2) is 8.42 Å². The van der Waals surface area contributed by atoms with Gasteiger partial charge in [0.1, 0.15) is 9.84 Å². The molecule has 2 N–H and O–H groups in total. The molecule has 154 valence electrons. The molecule has 0 heterocycles. The van der Waals surface area contributed by atoms with Gasteiger partial charge in [-0.3, -0.25) is 4.99 Å². The SMILES string of the molecule is CCCCOC1CC(NC(=NC)NCC(C)(C)CCS(C)(=O)=O)C1(C)C. The monoisotopic (exact) mass is 389 g/mol. The normalized spacial score (nSPS) is 23.4. The van der Waals surface area contributed by atoms with Gasteiger partial charge < -0.3 is 15.4 Å². The molecule has 0 bridgehead atoms. The van der Waals surface area contributed by atoms with Crippen molar-refractivity contribution >= 4 is 15.8 Å². The van der Waals surface area contributed by atoms with E-state index in [2.05, 4.69) is 50.2 Å². The van der Waals surface area contributed by atoms with Gasteiger partial charge in [-0.2, -0.15) is 0 Å². The first-order valence-corrected chi connectivity index (χ1v) is 11.7. The maximum Gasteiger partial charge on any atom is 0.191 e. The van der Waals surface area contributed by atoms with Crippen molar-refractivity contribution < 1.29 is 13.2 Å². The molecular formula is C19H39N3O3S. The molecule has 1 aliphatic carbocycles. The molecule has 0 aromatic carbocycles. The number of hydrogen-bond donors (Lipinski definition) is 2. The summed E-state index contributed by atoms with van der Waals surface area (Å²) in [5.74, 6) is 0.975. The van der Waals surface area contributed by atoms with E-state index in [4.69, 9.17) is 4.74 Å². The summed E-state index contributed by atoms with van der Waals surface area (Å²) < 4.78 is 28.8. The maximum absolute atomic E-state index is 11.4. The van der Waals surface area contributed by atoms with Crippen LogP contribution in [0.2, 0.25) is 0 Å². The molecule has 1 aliphatic rings. The summed E-state index contributed by atoms with van der Waals surface area (Å²) in [6.07, 6.45) is 5.44. The van der Waals surface area contributed by atoms with Crippen LogP contribution in [-0.2, 0) is 14.6 Å². The Balaban J connectivity index is 2.46. The molecule has 0 aromatic heterocycles. The highest BCUT2D eigenvalue weighted by Gasteiger charge is 2.49. The van der Waals surface area contributed by atoms with Crippen LogP contribution in [-0.4, -0.2) is 58.7 Å². The third-order valence-electron chi connectivity index (χ3n) is 5.41. The number of hydrogen-bond acceptors (Lipinski definition) is 4. The van der Waals surface area contributed by atoms with Gasteiger partial charge in [0, 0.05) is 37.9 Å². The Morgan fingerprint density at radius 2 is 2.00 bits per heavy atom. The number of nitrogens with zero attached hydrogens (tertiary/aromatic N) is 1. The van der Waals surface area contributed by atoms with Crippen LogP contribution in [0.5, 0.6) is 0 Å². The largest absolute Gasteiger partial charge is 0.378 e. The van der Waals surface area contributed by atoms with E-state index in [9.17, 15) is 8.42 Å². The zero-order chi connectivity index (χ0) is 20.0. The second-order valence-electron chi connectivity index (χ2n) is 8.94. The first-order chi connectivity index (χ1) is 11.9. The van der Waals surface area contributed by atoms with Crippen molar-refractivity contribution in [1.82, 2.24) is 10.6 Å². The van der Waals surface area contributed by atoms with Crippen LogP contribution in [0.3, 0.4) is 0 Å². The molecule has 0 aromatic rings.